The van der Waals surface area contributed by atoms with E-state index in [2.05, 4.69) is 10.3 Å². The molecule has 1 N–H and O–H groups in total. The normalized spacial score (nSPS) is 25.8. The first-order chi connectivity index (χ1) is 12.1. The molecular weight excluding hydrogens is 318 g/mol. The Balaban J connectivity index is 1.71. The van der Waals surface area contributed by atoms with Crippen LogP contribution in [0.1, 0.15) is 48.2 Å². The smallest absolute Gasteiger partial charge is 0.270 e. The van der Waals surface area contributed by atoms with Gasteiger partial charge in [0.1, 0.15) is 5.69 Å². The second-order valence-corrected chi connectivity index (χ2v) is 7.20. The number of hydrogen-bond donors (Lipinski definition) is 1. The van der Waals surface area contributed by atoms with Gasteiger partial charge < -0.3 is 15.0 Å². The van der Waals surface area contributed by atoms with Crippen LogP contribution in [0, 0.1) is 12.3 Å². The highest BCUT2D eigenvalue weighted by atomic mass is 16.5. The fourth-order valence-corrected chi connectivity index (χ4v) is 4.40. The molecule has 2 fully saturated rings. The number of pyridine rings is 1. The first-order valence-electron chi connectivity index (χ1n) is 9.06. The lowest BCUT2D eigenvalue weighted by atomic mass is 9.74. The van der Waals surface area contributed by atoms with Gasteiger partial charge in [0.2, 0.25) is 5.91 Å². The van der Waals surface area contributed by atoms with E-state index in [0.29, 0.717) is 31.8 Å². The number of nitrogens with one attached hydrogen (secondary N) is 1. The summed E-state index contributed by atoms with van der Waals surface area (Å²) < 4.78 is 5.17. The van der Waals surface area contributed by atoms with Crippen molar-refractivity contribution in [3.05, 3.63) is 29.6 Å². The van der Waals surface area contributed by atoms with Crippen LogP contribution in [-0.2, 0) is 9.53 Å². The van der Waals surface area contributed by atoms with Crippen LogP contribution < -0.4 is 5.32 Å². The third kappa shape index (κ3) is 3.54. The van der Waals surface area contributed by atoms with Crippen LogP contribution >= 0.6 is 0 Å². The zero-order chi connectivity index (χ0) is 17.9. The van der Waals surface area contributed by atoms with Crippen molar-refractivity contribution in [1.29, 1.82) is 0 Å². The summed E-state index contributed by atoms with van der Waals surface area (Å²) in [5.41, 5.74) is 1.34. The second kappa shape index (κ2) is 7.52. The number of aromatic nitrogens is 1. The lowest BCUT2D eigenvalue weighted by Gasteiger charge is -2.46. The van der Waals surface area contributed by atoms with E-state index in [9.17, 15) is 9.59 Å². The molecule has 2 heterocycles. The maximum atomic E-state index is 12.5. The number of aryl methyl sites for hydroxylation is 1. The second-order valence-electron chi connectivity index (χ2n) is 7.20. The molecule has 1 saturated heterocycles. The number of piperidine rings is 1. The Labute approximate surface area is 148 Å². The number of carbonyl (C=O) groups is 2. The van der Waals surface area contributed by atoms with E-state index in [1.54, 1.807) is 13.3 Å². The number of carbonyl (C=O) groups excluding carboxylic acids is 2. The van der Waals surface area contributed by atoms with Crippen molar-refractivity contribution in [2.75, 3.05) is 26.8 Å². The van der Waals surface area contributed by atoms with Gasteiger partial charge in [-0.15, -0.1) is 0 Å². The molecule has 0 bridgehead atoms. The Morgan fingerprint density at radius 1 is 1.48 bits per heavy atom. The number of fused-ring (bicyclic) bond motifs is 1. The minimum atomic E-state index is -0.126. The first kappa shape index (κ1) is 17.9. The van der Waals surface area contributed by atoms with Gasteiger partial charge in [-0.3, -0.25) is 14.6 Å². The summed E-state index contributed by atoms with van der Waals surface area (Å²) in [5, 5.41) is 3.09. The molecule has 1 aromatic heterocycles. The topological polar surface area (TPSA) is 71.5 Å². The molecule has 3 rings (SSSR count). The number of ether oxygens (including phenoxy) is 1. The van der Waals surface area contributed by atoms with Crippen LogP contribution in [0.2, 0.25) is 0 Å². The number of methoxy groups -OCH3 is 1. The summed E-state index contributed by atoms with van der Waals surface area (Å²) in [6.45, 7) is 3.68. The number of amides is 2. The van der Waals surface area contributed by atoms with Gasteiger partial charge in [-0.05, 0) is 37.8 Å². The highest BCUT2D eigenvalue weighted by Gasteiger charge is 2.50. The maximum Gasteiger partial charge on any atom is 0.270 e. The minimum absolute atomic E-state index is 0.0139. The lowest BCUT2D eigenvalue weighted by molar-refractivity contribution is -0.142. The van der Waals surface area contributed by atoms with Crippen molar-refractivity contribution in [3.8, 4) is 0 Å². The molecule has 136 valence electrons. The van der Waals surface area contributed by atoms with Gasteiger partial charge in [0.25, 0.3) is 5.91 Å². The van der Waals surface area contributed by atoms with Crippen LogP contribution in [0.25, 0.3) is 0 Å². The van der Waals surface area contributed by atoms with E-state index < -0.39 is 0 Å². The van der Waals surface area contributed by atoms with Crippen molar-refractivity contribution in [3.63, 3.8) is 0 Å². The van der Waals surface area contributed by atoms with E-state index in [4.69, 9.17) is 4.74 Å². The summed E-state index contributed by atoms with van der Waals surface area (Å²) in [6.07, 6.45) is 6.20. The van der Waals surface area contributed by atoms with Crippen LogP contribution in [-0.4, -0.2) is 54.5 Å². The summed E-state index contributed by atoms with van der Waals surface area (Å²) in [5.74, 6) is 0.0879. The van der Waals surface area contributed by atoms with Crippen molar-refractivity contribution in [2.24, 2.45) is 5.41 Å². The first-order valence-corrected chi connectivity index (χ1v) is 9.06. The molecule has 0 radical (unpaired) electrons. The quantitative estimate of drug-likeness (QED) is 0.855. The third-order valence-electron chi connectivity index (χ3n) is 5.75. The van der Waals surface area contributed by atoms with Gasteiger partial charge in [0.05, 0.1) is 6.61 Å². The van der Waals surface area contributed by atoms with Gasteiger partial charge in [-0.1, -0.05) is 12.5 Å². The highest BCUT2D eigenvalue weighted by Crippen LogP contribution is 2.47. The monoisotopic (exact) mass is 345 g/mol. The molecule has 0 aromatic carbocycles. The lowest BCUT2D eigenvalue weighted by Crippen LogP contribution is -2.56. The SMILES string of the molecule is COCCN1C(=O)CC[C@]2(CNC(=O)c3ncccc3C)CCC[C@@H]12. The van der Waals surface area contributed by atoms with Crippen LogP contribution in [0.4, 0.5) is 0 Å². The molecule has 2 atom stereocenters. The van der Waals surface area contributed by atoms with Crippen LogP contribution in [0.15, 0.2) is 18.3 Å². The fourth-order valence-electron chi connectivity index (χ4n) is 4.40. The van der Waals surface area contributed by atoms with Gasteiger partial charge in [-0.25, -0.2) is 0 Å². The molecule has 1 saturated carbocycles. The molecule has 1 aliphatic carbocycles. The average molecular weight is 345 g/mol. The minimum Gasteiger partial charge on any atom is -0.383 e. The Bertz CT molecular complexity index is 649. The molecule has 0 spiro atoms. The van der Waals surface area contributed by atoms with Crippen molar-refractivity contribution >= 4 is 11.8 Å². The Hall–Kier alpha value is -1.95. The van der Waals surface area contributed by atoms with E-state index in [1.807, 2.05) is 24.0 Å². The standard InChI is InChI=1S/C19H27N3O3/c1-14-5-4-10-20-17(14)18(24)21-13-19-8-3-6-15(19)22(11-12-25-2)16(23)7-9-19/h4-5,10,15H,3,6-9,11-13H2,1-2H3,(H,21,24)/t15-,19+/m1/s1. The van der Waals surface area contributed by atoms with Crippen molar-refractivity contribution in [1.82, 2.24) is 15.2 Å². The maximum absolute atomic E-state index is 12.5. The average Bonchev–Trinajstić information content (AvgIpc) is 3.04. The molecule has 2 aliphatic rings. The summed E-state index contributed by atoms with van der Waals surface area (Å²) in [7, 11) is 1.66. The third-order valence-corrected chi connectivity index (χ3v) is 5.75. The number of rotatable bonds is 6. The number of nitrogens with zero attached hydrogens (tertiary/aromatic N) is 2. The predicted molar refractivity (Wildman–Crippen MR) is 94.2 cm³/mol. The zero-order valence-corrected chi connectivity index (χ0v) is 15.1. The molecule has 1 aromatic rings. The Morgan fingerprint density at radius 3 is 3.08 bits per heavy atom. The zero-order valence-electron chi connectivity index (χ0n) is 15.1. The Morgan fingerprint density at radius 2 is 2.32 bits per heavy atom. The summed E-state index contributed by atoms with van der Waals surface area (Å²) in [6, 6.07) is 3.93. The van der Waals surface area contributed by atoms with E-state index in [0.717, 1.165) is 31.2 Å². The molecular formula is C19H27N3O3. The molecule has 6 heteroatoms. The molecule has 0 unspecified atom stereocenters. The molecule has 1 aliphatic heterocycles. The predicted octanol–water partition coefficient (Wildman–Crippen LogP) is 1.93. The molecule has 2 amide bonds. The fraction of sp³-hybridized carbons (Fsp3) is 0.632. The van der Waals surface area contributed by atoms with Gasteiger partial charge in [0.15, 0.2) is 0 Å². The van der Waals surface area contributed by atoms with Gasteiger partial charge in [-0.2, -0.15) is 0 Å². The van der Waals surface area contributed by atoms with Crippen molar-refractivity contribution in [2.45, 2.75) is 45.1 Å². The highest BCUT2D eigenvalue weighted by molar-refractivity contribution is 5.93. The van der Waals surface area contributed by atoms with Crippen molar-refractivity contribution < 1.29 is 14.3 Å². The number of hydrogen-bond acceptors (Lipinski definition) is 4. The van der Waals surface area contributed by atoms with Crippen LogP contribution in [0.5, 0.6) is 0 Å². The number of likely N-dealkylation sites (tertiary alicyclic amines) is 1. The van der Waals surface area contributed by atoms with E-state index in [1.165, 1.54) is 0 Å². The largest absolute Gasteiger partial charge is 0.383 e. The summed E-state index contributed by atoms with van der Waals surface area (Å²) in [4.78, 5) is 31.1. The Kier molecular flexibility index (Phi) is 5.37. The molecule has 6 nitrogen and oxygen atoms in total. The summed E-state index contributed by atoms with van der Waals surface area (Å²) >= 11 is 0. The van der Waals surface area contributed by atoms with E-state index in [-0.39, 0.29) is 23.3 Å². The molecule has 25 heavy (non-hydrogen) atoms. The van der Waals surface area contributed by atoms with E-state index >= 15 is 0 Å². The van der Waals surface area contributed by atoms with Gasteiger partial charge in [0, 0.05) is 44.3 Å². The van der Waals surface area contributed by atoms with Gasteiger partial charge >= 0.3 is 0 Å². The van der Waals surface area contributed by atoms with Crippen LogP contribution in [0.3, 0.4) is 0 Å².